The third-order valence-electron chi connectivity index (χ3n) is 4.78. The van der Waals surface area contributed by atoms with Gasteiger partial charge in [-0.15, -0.1) is 0 Å². The lowest BCUT2D eigenvalue weighted by molar-refractivity contribution is 0.0958. The molecule has 0 radical (unpaired) electrons. The van der Waals surface area contributed by atoms with E-state index in [1.165, 1.54) is 7.05 Å². The summed E-state index contributed by atoms with van der Waals surface area (Å²) in [5.41, 5.74) is 0.458. The number of hydrogen-bond donors (Lipinski definition) is 2. The molecule has 4 aromatic rings. The van der Waals surface area contributed by atoms with Gasteiger partial charge in [0.25, 0.3) is 11.8 Å². The molecular weight excluding hydrogens is 396 g/mol. The predicted molar refractivity (Wildman–Crippen MR) is 116 cm³/mol. The van der Waals surface area contributed by atoms with Crippen LogP contribution in [0.1, 0.15) is 33.7 Å². The second-order valence-electron chi connectivity index (χ2n) is 6.81. The Balaban J connectivity index is 1.46. The zero-order valence-corrected chi connectivity index (χ0v) is 17.2. The third kappa shape index (κ3) is 4.28. The highest BCUT2D eigenvalue weighted by Crippen LogP contribution is 2.26. The zero-order valence-electron chi connectivity index (χ0n) is 17.2. The number of fused-ring (bicyclic) bond motifs is 1. The summed E-state index contributed by atoms with van der Waals surface area (Å²) in [4.78, 5) is 24.6. The number of carbonyl (C=O) groups excluding carboxylic acids is 2. The lowest BCUT2D eigenvalue weighted by Gasteiger charge is -2.08. The van der Waals surface area contributed by atoms with Crippen LogP contribution >= 0.6 is 0 Å². The maximum atomic E-state index is 12.6. The first-order valence-corrected chi connectivity index (χ1v) is 9.89. The van der Waals surface area contributed by atoms with Crippen molar-refractivity contribution < 1.29 is 18.7 Å². The van der Waals surface area contributed by atoms with Gasteiger partial charge in [-0.25, -0.2) is 0 Å². The molecule has 0 spiro atoms. The van der Waals surface area contributed by atoms with Gasteiger partial charge < -0.3 is 19.8 Å². The quantitative estimate of drug-likeness (QED) is 0.475. The molecule has 2 aromatic carbocycles. The fraction of sp³-hybridized carbons (Fsp3) is 0.174. The van der Waals surface area contributed by atoms with Crippen LogP contribution < -0.4 is 15.4 Å². The van der Waals surface area contributed by atoms with Crippen LogP contribution in [0.15, 0.2) is 65.2 Å². The number of benzene rings is 2. The molecule has 0 aliphatic carbocycles. The van der Waals surface area contributed by atoms with Crippen molar-refractivity contribution in [2.75, 3.05) is 12.4 Å². The maximum Gasteiger partial charge on any atom is 0.291 e. The van der Waals surface area contributed by atoms with Crippen LogP contribution in [0.3, 0.4) is 0 Å². The summed E-state index contributed by atoms with van der Waals surface area (Å²) in [5, 5.41) is 11.5. The molecule has 0 unspecified atom stereocenters. The van der Waals surface area contributed by atoms with Crippen molar-refractivity contribution >= 4 is 28.3 Å². The highest BCUT2D eigenvalue weighted by Gasteiger charge is 2.20. The number of hydrogen-bond acceptors (Lipinski definition) is 5. The van der Waals surface area contributed by atoms with Crippen LogP contribution in [-0.4, -0.2) is 28.6 Å². The first-order chi connectivity index (χ1) is 15.1. The summed E-state index contributed by atoms with van der Waals surface area (Å²) in [6.07, 6.45) is 1.61. The van der Waals surface area contributed by atoms with E-state index in [9.17, 15) is 9.59 Å². The molecule has 8 nitrogen and oxygen atoms in total. The van der Waals surface area contributed by atoms with E-state index in [-0.39, 0.29) is 24.0 Å². The van der Waals surface area contributed by atoms with Crippen molar-refractivity contribution in [1.29, 1.82) is 0 Å². The maximum absolute atomic E-state index is 12.6. The first kappa shape index (κ1) is 20.2. The molecule has 8 heteroatoms. The summed E-state index contributed by atoms with van der Waals surface area (Å²) in [5.74, 6) is 0.503. The number of furan rings is 1. The van der Waals surface area contributed by atoms with Gasteiger partial charge in [-0.2, -0.15) is 5.10 Å². The minimum absolute atomic E-state index is 0.114. The number of ether oxygens (including phenoxy) is 1. The molecule has 0 fully saturated rings. The zero-order chi connectivity index (χ0) is 21.8. The highest BCUT2D eigenvalue weighted by atomic mass is 16.5. The average Bonchev–Trinajstić information content (AvgIpc) is 3.44. The molecule has 0 atom stereocenters. The van der Waals surface area contributed by atoms with Gasteiger partial charge >= 0.3 is 0 Å². The molecule has 0 saturated heterocycles. The number of rotatable bonds is 7. The fourth-order valence-electron chi connectivity index (χ4n) is 3.19. The predicted octanol–water partition coefficient (Wildman–Crippen LogP) is 3.84. The van der Waals surface area contributed by atoms with Crippen LogP contribution in [-0.2, 0) is 13.2 Å². The van der Waals surface area contributed by atoms with E-state index in [0.717, 1.165) is 16.5 Å². The first-order valence-electron chi connectivity index (χ1n) is 9.89. The van der Waals surface area contributed by atoms with Crippen LogP contribution in [0, 0.1) is 0 Å². The number of aryl methyl sites for hydroxylation is 1. The highest BCUT2D eigenvalue weighted by molar-refractivity contribution is 6.07. The Kier molecular flexibility index (Phi) is 5.70. The van der Waals surface area contributed by atoms with E-state index in [4.69, 9.17) is 9.15 Å². The van der Waals surface area contributed by atoms with Gasteiger partial charge in [-0.3, -0.25) is 14.3 Å². The van der Waals surface area contributed by atoms with Crippen molar-refractivity contribution in [3.05, 3.63) is 78.0 Å². The van der Waals surface area contributed by atoms with Crippen molar-refractivity contribution in [3.63, 3.8) is 0 Å². The number of carbonyl (C=O) groups is 2. The van der Waals surface area contributed by atoms with Gasteiger partial charge in [0.15, 0.2) is 11.5 Å². The van der Waals surface area contributed by atoms with Crippen molar-refractivity contribution in [2.45, 2.75) is 20.1 Å². The monoisotopic (exact) mass is 418 g/mol. The van der Waals surface area contributed by atoms with Crippen LogP contribution in [0.5, 0.6) is 5.75 Å². The number of nitrogens with zero attached hydrogens (tertiary/aromatic N) is 2. The molecule has 31 heavy (non-hydrogen) atoms. The van der Waals surface area contributed by atoms with Crippen molar-refractivity contribution in [2.24, 2.45) is 0 Å². The van der Waals surface area contributed by atoms with Crippen molar-refractivity contribution in [1.82, 2.24) is 15.1 Å². The summed E-state index contributed by atoms with van der Waals surface area (Å²) >= 11 is 0. The molecular formula is C23H22N4O4. The Hall–Kier alpha value is -4.07. The Bertz CT molecular complexity index is 1240. The average molecular weight is 418 g/mol. The summed E-state index contributed by atoms with van der Waals surface area (Å²) in [6, 6.07) is 17.0. The number of aromatic nitrogens is 2. The van der Waals surface area contributed by atoms with E-state index in [0.29, 0.717) is 18.0 Å². The molecule has 2 N–H and O–H groups in total. The van der Waals surface area contributed by atoms with E-state index in [1.807, 2.05) is 49.4 Å². The molecule has 0 aliphatic rings. The molecule has 0 saturated carbocycles. The van der Waals surface area contributed by atoms with Crippen LogP contribution in [0.2, 0.25) is 0 Å². The molecule has 2 amide bonds. The number of nitrogens with one attached hydrogen (secondary N) is 2. The molecule has 0 bridgehead atoms. The normalized spacial score (nSPS) is 10.8. The Morgan fingerprint density at radius 2 is 1.87 bits per heavy atom. The van der Waals surface area contributed by atoms with Gasteiger partial charge in [0.05, 0.1) is 5.69 Å². The van der Waals surface area contributed by atoms with Gasteiger partial charge in [-0.05, 0) is 30.5 Å². The van der Waals surface area contributed by atoms with Gasteiger partial charge in [0.1, 0.15) is 18.1 Å². The van der Waals surface area contributed by atoms with E-state index >= 15 is 0 Å². The fourth-order valence-corrected chi connectivity index (χ4v) is 3.19. The SMILES string of the molecule is CCn1cc(NC(=O)c2ccc(COc3cccc4ccccc34)o2)c(C(=O)NC)n1. The summed E-state index contributed by atoms with van der Waals surface area (Å²) in [6.45, 7) is 2.63. The number of anilines is 1. The molecule has 2 heterocycles. The lowest BCUT2D eigenvalue weighted by Crippen LogP contribution is -2.21. The van der Waals surface area contributed by atoms with Crippen LogP contribution in [0.25, 0.3) is 10.8 Å². The standard InChI is InChI=1S/C23H22N4O4/c1-3-27-13-18(21(26-27)23(29)24-2)25-22(28)20-12-11-16(31-20)14-30-19-10-6-8-15-7-4-5-9-17(15)19/h4-13H,3,14H2,1-2H3,(H,24,29)(H,25,28). The van der Waals surface area contributed by atoms with Crippen LogP contribution in [0.4, 0.5) is 5.69 Å². The summed E-state index contributed by atoms with van der Waals surface area (Å²) < 4.78 is 13.1. The van der Waals surface area contributed by atoms with Gasteiger partial charge in [0, 0.05) is 25.2 Å². The largest absolute Gasteiger partial charge is 0.485 e. The Morgan fingerprint density at radius 3 is 2.68 bits per heavy atom. The molecule has 158 valence electrons. The number of amides is 2. The van der Waals surface area contributed by atoms with E-state index in [1.54, 1.807) is 23.0 Å². The summed E-state index contributed by atoms with van der Waals surface area (Å²) in [7, 11) is 1.51. The molecule has 4 rings (SSSR count). The Morgan fingerprint density at radius 1 is 1.06 bits per heavy atom. The smallest absolute Gasteiger partial charge is 0.291 e. The van der Waals surface area contributed by atoms with E-state index < -0.39 is 5.91 Å². The topological polar surface area (TPSA) is 98.4 Å². The molecule has 0 aliphatic heterocycles. The minimum Gasteiger partial charge on any atom is -0.485 e. The lowest BCUT2D eigenvalue weighted by atomic mass is 10.1. The van der Waals surface area contributed by atoms with Crippen molar-refractivity contribution in [3.8, 4) is 5.75 Å². The second kappa shape index (κ2) is 8.74. The second-order valence-corrected chi connectivity index (χ2v) is 6.81. The Labute approximate surface area is 178 Å². The van der Waals surface area contributed by atoms with Gasteiger partial charge in [0.2, 0.25) is 0 Å². The van der Waals surface area contributed by atoms with E-state index in [2.05, 4.69) is 15.7 Å². The molecule has 2 aromatic heterocycles. The van der Waals surface area contributed by atoms with Gasteiger partial charge in [-0.1, -0.05) is 36.4 Å². The third-order valence-corrected chi connectivity index (χ3v) is 4.78. The minimum atomic E-state index is -0.475.